The Balaban J connectivity index is 1.58. The van der Waals surface area contributed by atoms with Crippen LogP contribution in [0.4, 0.5) is 0 Å². The van der Waals surface area contributed by atoms with Gasteiger partial charge in [0.05, 0.1) is 6.54 Å². The van der Waals surface area contributed by atoms with Crippen LogP contribution in [-0.4, -0.2) is 23.3 Å². The number of aryl methyl sites for hydroxylation is 1. The van der Waals surface area contributed by atoms with Crippen LogP contribution in [0.3, 0.4) is 0 Å². The molecule has 0 saturated heterocycles. The van der Waals surface area contributed by atoms with Crippen LogP contribution in [0.1, 0.15) is 30.5 Å². The first-order valence-corrected chi connectivity index (χ1v) is 7.39. The molecule has 1 aliphatic carbocycles. The van der Waals surface area contributed by atoms with E-state index in [9.17, 15) is 9.59 Å². The Hall–Kier alpha value is -1.43. The molecule has 104 valence electrons. The van der Waals surface area contributed by atoms with Crippen LogP contribution in [0.25, 0.3) is 0 Å². The zero-order valence-electron chi connectivity index (χ0n) is 11.2. The van der Waals surface area contributed by atoms with Gasteiger partial charge in [0, 0.05) is 30.0 Å². The summed E-state index contributed by atoms with van der Waals surface area (Å²) in [6, 6.07) is 0. The van der Waals surface area contributed by atoms with Gasteiger partial charge < -0.3 is 10.6 Å². The predicted molar refractivity (Wildman–Crippen MR) is 73.6 cm³/mol. The molecule has 0 aromatic carbocycles. The van der Waals surface area contributed by atoms with Crippen molar-refractivity contribution >= 4 is 23.2 Å². The van der Waals surface area contributed by atoms with Crippen LogP contribution in [0.5, 0.6) is 0 Å². The molecule has 1 heterocycles. The van der Waals surface area contributed by atoms with Crippen molar-refractivity contribution in [1.82, 2.24) is 15.6 Å². The highest BCUT2D eigenvalue weighted by Gasteiger charge is 2.38. The molecule has 0 spiro atoms. The number of nitrogens with one attached hydrogen (secondary N) is 2. The molecule has 19 heavy (non-hydrogen) atoms. The molecule has 0 radical (unpaired) electrons. The van der Waals surface area contributed by atoms with Crippen LogP contribution in [-0.2, 0) is 16.1 Å². The summed E-state index contributed by atoms with van der Waals surface area (Å²) in [5, 5.41) is 8.45. The van der Waals surface area contributed by atoms with Crippen LogP contribution < -0.4 is 10.6 Å². The van der Waals surface area contributed by atoms with Crippen molar-refractivity contribution < 1.29 is 9.59 Å². The van der Waals surface area contributed by atoms with E-state index in [0.29, 0.717) is 25.4 Å². The lowest BCUT2D eigenvalue weighted by Gasteiger charge is -2.05. The van der Waals surface area contributed by atoms with E-state index in [1.165, 1.54) is 11.3 Å². The number of rotatable bonds is 6. The van der Waals surface area contributed by atoms with Crippen LogP contribution in [0, 0.1) is 18.8 Å². The van der Waals surface area contributed by atoms with Gasteiger partial charge in [-0.2, -0.15) is 0 Å². The lowest BCUT2D eigenvalue weighted by Crippen LogP contribution is -2.31. The van der Waals surface area contributed by atoms with Crippen molar-refractivity contribution in [2.75, 3.05) is 6.54 Å². The van der Waals surface area contributed by atoms with Gasteiger partial charge in [-0.25, -0.2) is 4.98 Å². The summed E-state index contributed by atoms with van der Waals surface area (Å²) in [7, 11) is 0. The molecule has 1 saturated carbocycles. The van der Waals surface area contributed by atoms with Gasteiger partial charge in [0.1, 0.15) is 5.01 Å². The summed E-state index contributed by atoms with van der Waals surface area (Å²) in [6.07, 6.45) is 1.29. The zero-order valence-corrected chi connectivity index (χ0v) is 12.0. The highest BCUT2D eigenvalue weighted by atomic mass is 32.1. The van der Waals surface area contributed by atoms with E-state index in [1.54, 1.807) is 0 Å². The maximum absolute atomic E-state index is 11.6. The Morgan fingerprint density at radius 3 is 2.79 bits per heavy atom. The lowest BCUT2D eigenvalue weighted by atomic mass is 10.3. The summed E-state index contributed by atoms with van der Waals surface area (Å²) in [5.41, 5.74) is 0.972. The summed E-state index contributed by atoms with van der Waals surface area (Å²) >= 11 is 1.54. The molecule has 2 amide bonds. The van der Waals surface area contributed by atoms with E-state index in [0.717, 1.165) is 17.1 Å². The molecule has 1 aromatic rings. The summed E-state index contributed by atoms with van der Waals surface area (Å²) in [4.78, 5) is 27.4. The van der Waals surface area contributed by atoms with Gasteiger partial charge in [-0.15, -0.1) is 11.3 Å². The van der Waals surface area contributed by atoms with Gasteiger partial charge >= 0.3 is 0 Å². The Kier molecular flexibility index (Phi) is 4.52. The molecule has 2 atom stereocenters. The minimum Gasteiger partial charge on any atom is -0.355 e. The second kappa shape index (κ2) is 6.14. The SMILES string of the molecule is Cc1csc(CNC(=O)CCNC(=O)[C@H]2C[C@@H]2C)n1. The third-order valence-corrected chi connectivity index (χ3v) is 4.17. The number of amides is 2. The number of nitrogens with zero attached hydrogens (tertiary/aromatic N) is 1. The summed E-state index contributed by atoms with van der Waals surface area (Å²) in [5.74, 6) is 0.691. The number of hydrogen-bond donors (Lipinski definition) is 2. The second-order valence-corrected chi connectivity index (χ2v) is 5.96. The third-order valence-electron chi connectivity index (χ3n) is 3.20. The Morgan fingerprint density at radius 2 is 2.21 bits per heavy atom. The van der Waals surface area contributed by atoms with Gasteiger partial charge in [-0.05, 0) is 19.3 Å². The molecular weight excluding hydrogens is 262 g/mol. The van der Waals surface area contributed by atoms with Crippen LogP contribution in [0.2, 0.25) is 0 Å². The topological polar surface area (TPSA) is 71.1 Å². The quantitative estimate of drug-likeness (QED) is 0.824. The van der Waals surface area contributed by atoms with E-state index in [-0.39, 0.29) is 17.7 Å². The molecule has 6 heteroatoms. The fraction of sp³-hybridized carbons (Fsp3) is 0.615. The highest BCUT2D eigenvalue weighted by Crippen LogP contribution is 2.37. The second-order valence-electron chi connectivity index (χ2n) is 5.02. The fourth-order valence-corrected chi connectivity index (χ4v) is 2.58. The third kappa shape index (κ3) is 4.31. The first kappa shape index (κ1) is 14.0. The van der Waals surface area contributed by atoms with Crippen molar-refractivity contribution in [3.63, 3.8) is 0 Å². The molecule has 0 unspecified atom stereocenters. The standard InChI is InChI=1S/C13H19N3O2S/c1-8-5-10(8)13(18)14-4-3-11(17)15-6-12-16-9(2)7-19-12/h7-8,10H,3-6H2,1-2H3,(H,14,18)(H,15,17)/t8-,10-/m0/s1. The Bertz CT molecular complexity index is 472. The first-order valence-electron chi connectivity index (χ1n) is 6.51. The smallest absolute Gasteiger partial charge is 0.223 e. The molecule has 1 aromatic heterocycles. The Morgan fingerprint density at radius 1 is 1.47 bits per heavy atom. The van der Waals surface area contributed by atoms with E-state index in [4.69, 9.17) is 0 Å². The van der Waals surface area contributed by atoms with Crippen molar-refractivity contribution in [3.05, 3.63) is 16.1 Å². The number of hydrogen-bond acceptors (Lipinski definition) is 4. The van der Waals surface area contributed by atoms with Crippen molar-refractivity contribution in [2.24, 2.45) is 11.8 Å². The zero-order chi connectivity index (χ0) is 13.8. The van der Waals surface area contributed by atoms with Gasteiger partial charge in [0.2, 0.25) is 11.8 Å². The number of carbonyl (C=O) groups excluding carboxylic acids is 2. The minimum absolute atomic E-state index is 0.0583. The summed E-state index contributed by atoms with van der Waals surface area (Å²) in [6.45, 7) is 4.86. The fourth-order valence-electron chi connectivity index (χ4n) is 1.86. The molecule has 5 nitrogen and oxygen atoms in total. The molecule has 2 rings (SSSR count). The number of carbonyl (C=O) groups is 2. The molecule has 1 fully saturated rings. The van der Waals surface area contributed by atoms with E-state index >= 15 is 0 Å². The normalized spacial score (nSPS) is 20.9. The van der Waals surface area contributed by atoms with Crippen molar-refractivity contribution in [3.8, 4) is 0 Å². The number of thiazole rings is 1. The van der Waals surface area contributed by atoms with E-state index in [2.05, 4.69) is 22.5 Å². The highest BCUT2D eigenvalue weighted by molar-refractivity contribution is 7.09. The van der Waals surface area contributed by atoms with Gasteiger partial charge in [-0.1, -0.05) is 6.92 Å². The van der Waals surface area contributed by atoms with Crippen LogP contribution >= 0.6 is 11.3 Å². The monoisotopic (exact) mass is 281 g/mol. The van der Waals surface area contributed by atoms with Crippen molar-refractivity contribution in [2.45, 2.75) is 33.2 Å². The van der Waals surface area contributed by atoms with Crippen LogP contribution in [0.15, 0.2) is 5.38 Å². The van der Waals surface area contributed by atoms with E-state index in [1.807, 2.05) is 12.3 Å². The maximum atomic E-state index is 11.6. The molecule has 0 aliphatic heterocycles. The Labute approximate surface area is 116 Å². The lowest BCUT2D eigenvalue weighted by molar-refractivity contribution is -0.123. The average molecular weight is 281 g/mol. The predicted octanol–water partition coefficient (Wildman–Crippen LogP) is 1.23. The van der Waals surface area contributed by atoms with Gasteiger partial charge in [0.15, 0.2) is 0 Å². The van der Waals surface area contributed by atoms with Crippen molar-refractivity contribution in [1.29, 1.82) is 0 Å². The molecule has 2 N–H and O–H groups in total. The number of aromatic nitrogens is 1. The van der Waals surface area contributed by atoms with Gasteiger partial charge in [-0.3, -0.25) is 9.59 Å². The maximum Gasteiger partial charge on any atom is 0.223 e. The van der Waals surface area contributed by atoms with Gasteiger partial charge in [0.25, 0.3) is 0 Å². The minimum atomic E-state index is -0.0583. The molecule has 0 bridgehead atoms. The largest absolute Gasteiger partial charge is 0.355 e. The molecule has 1 aliphatic rings. The van der Waals surface area contributed by atoms with E-state index < -0.39 is 0 Å². The first-order chi connectivity index (χ1) is 9.06. The molecular formula is C13H19N3O2S. The average Bonchev–Trinajstić information content (AvgIpc) is 2.95. The summed E-state index contributed by atoms with van der Waals surface area (Å²) < 4.78 is 0.